The Balaban J connectivity index is 1.22. The molecule has 3 heteroatoms. The van der Waals surface area contributed by atoms with Crippen LogP contribution in [0.25, 0.3) is 67.3 Å². The number of hydrogen-bond acceptors (Lipinski definition) is 3. The van der Waals surface area contributed by atoms with Gasteiger partial charge in [0.1, 0.15) is 0 Å². The number of hydrogen-bond donors (Lipinski definition) is 0. The summed E-state index contributed by atoms with van der Waals surface area (Å²) < 4.78 is 0. The van der Waals surface area contributed by atoms with Crippen molar-refractivity contribution in [2.24, 2.45) is 0 Å². The van der Waals surface area contributed by atoms with Crippen molar-refractivity contribution in [2.45, 2.75) is 37.5 Å². The molecule has 0 saturated heterocycles. The highest BCUT2D eigenvalue weighted by Crippen LogP contribution is 2.56. The van der Waals surface area contributed by atoms with Gasteiger partial charge >= 0.3 is 0 Å². The van der Waals surface area contributed by atoms with Crippen LogP contribution in [0.15, 0.2) is 152 Å². The van der Waals surface area contributed by atoms with Gasteiger partial charge in [0.15, 0.2) is 5.82 Å². The van der Waals surface area contributed by atoms with Crippen molar-refractivity contribution in [3.05, 3.63) is 168 Å². The Bertz CT molecular complexity index is 2410. The molecular weight excluding hydrogens is 607 g/mol. The molecule has 50 heavy (non-hydrogen) atoms. The average Bonchev–Trinajstić information content (AvgIpc) is 3.45. The Labute approximate surface area is 293 Å². The molecule has 6 aromatic carbocycles. The highest BCUT2D eigenvalue weighted by molar-refractivity contribution is 5.90. The Morgan fingerprint density at radius 1 is 0.440 bits per heavy atom. The van der Waals surface area contributed by atoms with E-state index in [4.69, 9.17) is 9.97 Å². The second-order valence-corrected chi connectivity index (χ2v) is 13.6. The van der Waals surface area contributed by atoms with Crippen molar-refractivity contribution >= 4 is 0 Å². The maximum absolute atomic E-state index is 9.80. The van der Waals surface area contributed by atoms with E-state index in [9.17, 15) is 5.26 Å². The molecule has 3 nitrogen and oxygen atoms in total. The minimum atomic E-state index is -0.00783. The lowest BCUT2D eigenvalue weighted by molar-refractivity contribution is 0.353. The van der Waals surface area contributed by atoms with E-state index in [1.807, 2.05) is 24.3 Å². The second-order valence-electron chi connectivity index (χ2n) is 13.6. The van der Waals surface area contributed by atoms with Crippen LogP contribution in [0.2, 0.25) is 0 Å². The first-order chi connectivity index (χ1) is 24.7. The average molecular weight is 642 g/mol. The third-order valence-corrected chi connectivity index (χ3v) is 10.8. The van der Waals surface area contributed by atoms with Crippen LogP contribution < -0.4 is 0 Å². The summed E-state index contributed by atoms with van der Waals surface area (Å²) >= 11 is 0. The summed E-state index contributed by atoms with van der Waals surface area (Å²) in [6, 6.07) is 55.8. The van der Waals surface area contributed by atoms with Crippen molar-refractivity contribution in [2.75, 3.05) is 0 Å². The van der Waals surface area contributed by atoms with Crippen molar-refractivity contribution in [3.8, 4) is 73.4 Å². The summed E-state index contributed by atoms with van der Waals surface area (Å²) in [5, 5.41) is 9.80. The maximum atomic E-state index is 9.80. The highest BCUT2D eigenvalue weighted by atomic mass is 14.9. The Morgan fingerprint density at radius 2 is 1.02 bits per heavy atom. The van der Waals surface area contributed by atoms with E-state index in [1.165, 1.54) is 41.5 Å². The maximum Gasteiger partial charge on any atom is 0.160 e. The van der Waals surface area contributed by atoms with E-state index in [0.717, 1.165) is 68.7 Å². The van der Waals surface area contributed by atoms with Gasteiger partial charge in [-0.3, -0.25) is 0 Å². The number of rotatable bonds is 5. The van der Waals surface area contributed by atoms with Gasteiger partial charge in [0.2, 0.25) is 0 Å². The predicted molar refractivity (Wildman–Crippen MR) is 203 cm³/mol. The first-order valence-electron chi connectivity index (χ1n) is 17.6. The highest BCUT2D eigenvalue weighted by Gasteiger charge is 2.44. The van der Waals surface area contributed by atoms with Gasteiger partial charge in [-0.2, -0.15) is 5.26 Å². The van der Waals surface area contributed by atoms with Gasteiger partial charge in [0.25, 0.3) is 0 Å². The first-order valence-corrected chi connectivity index (χ1v) is 17.6. The summed E-state index contributed by atoms with van der Waals surface area (Å²) in [6.07, 6.45) is 5.97. The van der Waals surface area contributed by atoms with Crippen LogP contribution in [-0.4, -0.2) is 9.97 Å². The lowest BCUT2D eigenvalue weighted by Crippen LogP contribution is -2.28. The molecule has 1 spiro atoms. The van der Waals surface area contributed by atoms with E-state index in [0.29, 0.717) is 5.82 Å². The standard InChI is InChI=1S/C47H35N3/c48-31-32-22-24-38-41-29-35(23-25-42(41)47(43(38)28-32)26-12-3-13-27-47)37-19-9-11-21-40(37)45-30-44(49-46(50-45)34-16-6-2-7-17-34)39-20-10-8-18-36(39)33-14-4-1-5-15-33/h1-2,4-11,14-25,28-30H,3,12-13,26-27H2. The molecule has 0 unspecified atom stereocenters. The van der Waals surface area contributed by atoms with Crippen LogP contribution in [0.1, 0.15) is 48.8 Å². The first kappa shape index (κ1) is 30.0. The molecule has 0 amide bonds. The van der Waals surface area contributed by atoms with Crippen LogP contribution in [0.3, 0.4) is 0 Å². The van der Waals surface area contributed by atoms with Gasteiger partial charge in [-0.05, 0) is 81.6 Å². The van der Waals surface area contributed by atoms with E-state index >= 15 is 0 Å². The quantitative estimate of drug-likeness (QED) is 0.188. The number of nitrogens with zero attached hydrogens (tertiary/aromatic N) is 3. The summed E-state index contributed by atoms with van der Waals surface area (Å²) in [7, 11) is 0. The van der Waals surface area contributed by atoms with Crippen LogP contribution >= 0.6 is 0 Å². The molecular formula is C47H35N3. The molecule has 1 fully saturated rings. The zero-order chi connectivity index (χ0) is 33.5. The molecule has 2 aliphatic rings. The van der Waals surface area contributed by atoms with E-state index in [-0.39, 0.29) is 5.41 Å². The van der Waals surface area contributed by atoms with E-state index < -0.39 is 0 Å². The largest absolute Gasteiger partial charge is 0.228 e. The van der Waals surface area contributed by atoms with E-state index in [1.54, 1.807) is 0 Å². The fourth-order valence-corrected chi connectivity index (χ4v) is 8.41. The normalized spacial score (nSPS) is 14.1. The van der Waals surface area contributed by atoms with Crippen molar-refractivity contribution < 1.29 is 0 Å². The Kier molecular flexibility index (Phi) is 7.44. The molecule has 1 saturated carbocycles. The molecule has 0 N–H and O–H groups in total. The summed E-state index contributed by atoms with van der Waals surface area (Å²) in [6.45, 7) is 0. The van der Waals surface area contributed by atoms with Gasteiger partial charge < -0.3 is 0 Å². The van der Waals surface area contributed by atoms with E-state index in [2.05, 4.69) is 133 Å². The minimum Gasteiger partial charge on any atom is -0.228 e. The number of aromatic nitrogens is 2. The SMILES string of the molecule is N#Cc1ccc2c(c1)C1(CCCCC1)c1ccc(-c3ccccc3-c3cc(-c4ccccc4-c4ccccc4)nc(-c4ccccc4)n3)cc1-2. The molecule has 238 valence electrons. The number of benzene rings is 6. The van der Waals surface area contributed by atoms with Crippen LogP contribution in [-0.2, 0) is 5.41 Å². The van der Waals surface area contributed by atoms with Gasteiger partial charge in [-0.1, -0.05) is 147 Å². The van der Waals surface area contributed by atoms with Crippen LogP contribution in [0.5, 0.6) is 0 Å². The molecule has 0 bridgehead atoms. The number of fused-ring (bicyclic) bond motifs is 5. The lowest BCUT2D eigenvalue weighted by Gasteiger charge is -2.36. The fourth-order valence-electron chi connectivity index (χ4n) is 8.41. The molecule has 0 radical (unpaired) electrons. The van der Waals surface area contributed by atoms with Crippen molar-refractivity contribution in [3.63, 3.8) is 0 Å². The van der Waals surface area contributed by atoms with Crippen molar-refractivity contribution in [1.29, 1.82) is 5.26 Å². The summed E-state index contributed by atoms with van der Waals surface area (Å²) in [4.78, 5) is 10.4. The topological polar surface area (TPSA) is 49.6 Å². The van der Waals surface area contributed by atoms with Gasteiger partial charge in [0, 0.05) is 22.1 Å². The molecule has 2 aliphatic carbocycles. The fraction of sp³-hybridized carbons (Fsp3) is 0.128. The molecule has 9 rings (SSSR count). The smallest absolute Gasteiger partial charge is 0.160 e. The van der Waals surface area contributed by atoms with Crippen LogP contribution in [0, 0.1) is 11.3 Å². The molecule has 7 aromatic rings. The Hall–Kier alpha value is -6.11. The minimum absolute atomic E-state index is 0.00783. The monoisotopic (exact) mass is 641 g/mol. The summed E-state index contributed by atoms with van der Waals surface area (Å²) in [5.41, 5.74) is 15.5. The predicted octanol–water partition coefficient (Wildman–Crippen LogP) is 11.9. The third-order valence-electron chi connectivity index (χ3n) is 10.8. The zero-order valence-corrected chi connectivity index (χ0v) is 27.8. The molecule has 1 heterocycles. The summed E-state index contributed by atoms with van der Waals surface area (Å²) in [5.74, 6) is 0.700. The van der Waals surface area contributed by atoms with Crippen LogP contribution in [0.4, 0.5) is 0 Å². The Morgan fingerprint density at radius 3 is 1.66 bits per heavy atom. The molecule has 0 atom stereocenters. The molecule has 1 aromatic heterocycles. The third kappa shape index (κ3) is 5.04. The number of nitriles is 1. The van der Waals surface area contributed by atoms with Gasteiger partial charge in [-0.15, -0.1) is 0 Å². The second kappa shape index (κ2) is 12.4. The van der Waals surface area contributed by atoms with Gasteiger partial charge in [0.05, 0.1) is 23.0 Å². The lowest BCUT2D eigenvalue weighted by atomic mass is 9.67. The van der Waals surface area contributed by atoms with Gasteiger partial charge in [-0.25, -0.2) is 9.97 Å². The molecule has 0 aliphatic heterocycles. The van der Waals surface area contributed by atoms with Crippen molar-refractivity contribution in [1.82, 2.24) is 9.97 Å². The zero-order valence-electron chi connectivity index (χ0n) is 27.8.